The monoisotopic (exact) mass is 164 g/mol. The highest BCUT2D eigenvalue weighted by atomic mass is 16.5. The van der Waals surface area contributed by atoms with E-state index in [1.807, 2.05) is 0 Å². The quantitative estimate of drug-likeness (QED) is 0.414. The normalized spacial score (nSPS) is 10.2. The summed E-state index contributed by atoms with van der Waals surface area (Å²) < 4.78 is 5.59. The molecule has 4 heteroatoms. The van der Waals surface area contributed by atoms with Crippen molar-refractivity contribution in [1.29, 1.82) is 0 Å². The first-order valence-corrected chi connectivity index (χ1v) is 3.35. The fraction of sp³-hybridized carbons (Fsp3) is 0.857. The van der Waals surface area contributed by atoms with Gasteiger partial charge in [-0.25, -0.2) is 0 Å². The molecule has 0 saturated heterocycles. The number of quaternary nitrogens is 1. The van der Waals surface area contributed by atoms with E-state index in [2.05, 4.69) is 21.1 Å². The minimum atomic E-state index is -0.201. The number of esters is 1. The Morgan fingerprint density at radius 1 is 1.36 bits per heavy atom. The Morgan fingerprint density at radius 2 is 1.82 bits per heavy atom. The molecule has 0 aromatic rings. The van der Waals surface area contributed by atoms with Gasteiger partial charge < -0.3 is 14.7 Å². The minimum absolute atomic E-state index is 0. The molecule has 0 aliphatic rings. The predicted molar refractivity (Wildman–Crippen MR) is 43.1 cm³/mol. The van der Waals surface area contributed by atoms with Crippen LogP contribution >= 0.6 is 0 Å². The van der Waals surface area contributed by atoms with E-state index in [0.717, 1.165) is 11.0 Å². The van der Waals surface area contributed by atoms with Gasteiger partial charge in [0.2, 0.25) is 0 Å². The summed E-state index contributed by atoms with van der Waals surface area (Å²) in [6.07, 6.45) is 0. The maximum atomic E-state index is 10.3. The van der Waals surface area contributed by atoms with Crippen molar-refractivity contribution in [3.05, 3.63) is 0 Å². The molecular weight excluding hydrogens is 146 g/mol. The van der Waals surface area contributed by atoms with E-state index < -0.39 is 0 Å². The van der Waals surface area contributed by atoms with Gasteiger partial charge in [-0.1, -0.05) is 0 Å². The van der Waals surface area contributed by atoms with Gasteiger partial charge in [-0.05, 0) is 0 Å². The van der Waals surface area contributed by atoms with E-state index in [1.54, 1.807) is 0 Å². The van der Waals surface area contributed by atoms with Crippen LogP contribution in [0.3, 0.4) is 0 Å². The molecular formula is C7H18NO3+. The Bertz CT molecular complexity index is 117. The van der Waals surface area contributed by atoms with Crippen LogP contribution in [0.2, 0.25) is 0 Å². The van der Waals surface area contributed by atoms with Crippen LogP contribution in [0.15, 0.2) is 0 Å². The summed E-state index contributed by atoms with van der Waals surface area (Å²) in [6.45, 7) is 2.80. The number of hydrogen-bond acceptors (Lipinski definition) is 2. The lowest BCUT2D eigenvalue weighted by Gasteiger charge is -2.23. The maximum absolute atomic E-state index is 10.3. The van der Waals surface area contributed by atoms with E-state index in [0.29, 0.717) is 6.61 Å². The molecule has 0 bridgehead atoms. The van der Waals surface area contributed by atoms with Gasteiger partial charge in [0.15, 0.2) is 0 Å². The van der Waals surface area contributed by atoms with Crippen molar-refractivity contribution in [3.8, 4) is 0 Å². The van der Waals surface area contributed by atoms with Crippen molar-refractivity contribution in [2.45, 2.75) is 6.92 Å². The van der Waals surface area contributed by atoms with Crippen LogP contribution in [-0.2, 0) is 9.53 Å². The fourth-order valence-corrected chi connectivity index (χ4v) is 0.463. The highest BCUT2D eigenvalue weighted by molar-refractivity contribution is 5.65. The molecule has 11 heavy (non-hydrogen) atoms. The second-order valence-electron chi connectivity index (χ2n) is 3.35. The van der Waals surface area contributed by atoms with Crippen LogP contribution in [0.5, 0.6) is 0 Å². The van der Waals surface area contributed by atoms with Crippen LogP contribution in [-0.4, -0.2) is 50.2 Å². The van der Waals surface area contributed by atoms with Gasteiger partial charge in [0.25, 0.3) is 0 Å². The summed E-state index contributed by atoms with van der Waals surface area (Å²) in [5.74, 6) is -0.201. The van der Waals surface area contributed by atoms with Crippen molar-refractivity contribution in [2.75, 3.05) is 34.3 Å². The number of hydrogen-bond donors (Lipinski definition) is 0. The summed E-state index contributed by atoms with van der Waals surface area (Å²) in [4.78, 5) is 10.3. The molecule has 68 valence electrons. The first kappa shape index (κ1) is 13.0. The molecule has 0 saturated carbocycles. The Kier molecular flexibility index (Phi) is 6.03. The van der Waals surface area contributed by atoms with E-state index in [1.165, 1.54) is 6.92 Å². The number of ether oxygens (including phenoxy) is 1. The molecule has 0 unspecified atom stereocenters. The van der Waals surface area contributed by atoms with Crippen molar-refractivity contribution in [1.82, 2.24) is 0 Å². The summed E-state index contributed by atoms with van der Waals surface area (Å²) >= 11 is 0. The number of rotatable bonds is 3. The zero-order valence-corrected chi connectivity index (χ0v) is 7.68. The number of carbonyl (C=O) groups excluding carboxylic acids is 1. The average Bonchev–Trinajstić information content (AvgIpc) is 1.59. The van der Waals surface area contributed by atoms with Crippen LogP contribution in [0.1, 0.15) is 6.92 Å². The smallest absolute Gasteiger partial charge is 0.302 e. The Morgan fingerprint density at radius 3 is 2.09 bits per heavy atom. The zero-order valence-electron chi connectivity index (χ0n) is 7.68. The van der Waals surface area contributed by atoms with Crippen molar-refractivity contribution in [3.63, 3.8) is 0 Å². The lowest BCUT2D eigenvalue weighted by Crippen LogP contribution is -2.37. The van der Waals surface area contributed by atoms with Crippen LogP contribution < -0.4 is 0 Å². The lowest BCUT2D eigenvalue weighted by atomic mass is 10.5. The predicted octanol–water partition coefficient (Wildman–Crippen LogP) is -0.569. The van der Waals surface area contributed by atoms with Gasteiger partial charge in [-0.3, -0.25) is 4.79 Å². The average molecular weight is 164 g/mol. The molecule has 0 atom stereocenters. The maximum Gasteiger partial charge on any atom is 0.302 e. The summed E-state index contributed by atoms with van der Waals surface area (Å²) in [6, 6.07) is 0. The molecule has 4 nitrogen and oxygen atoms in total. The standard InChI is InChI=1S/C7H16NO2.H2O/c1-7(9)10-6-5-8(2,3)4;/h5-6H2,1-4H3;1H2/q+1;. The number of nitrogens with zero attached hydrogens (tertiary/aromatic N) is 1. The fourth-order valence-electron chi connectivity index (χ4n) is 0.463. The summed E-state index contributed by atoms with van der Waals surface area (Å²) in [7, 11) is 6.18. The SMILES string of the molecule is CC(=O)OCC[N+](C)(C)C.O. The Labute approximate surface area is 67.7 Å². The first-order valence-electron chi connectivity index (χ1n) is 3.35. The van der Waals surface area contributed by atoms with Crippen molar-refractivity contribution >= 4 is 5.97 Å². The zero-order chi connectivity index (χ0) is 8.20. The van der Waals surface area contributed by atoms with E-state index >= 15 is 0 Å². The molecule has 0 amide bonds. The number of carbonyl (C=O) groups is 1. The van der Waals surface area contributed by atoms with Gasteiger partial charge in [-0.15, -0.1) is 0 Å². The summed E-state index contributed by atoms with van der Waals surface area (Å²) in [5.41, 5.74) is 0. The van der Waals surface area contributed by atoms with Crippen molar-refractivity contribution in [2.24, 2.45) is 0 Å². The topological polar surface area (TPSA) is 57.8 Å². The molecule has 0 spiro atoms. The third-order valence-electron chi connectivity index (χ3n) is 1.07. The molecule has 0 aliphatic carbocycles. The lowest BCUT2D eigenvalue weighted by molar-refractivity contribution is -0.870. The Balaban J connectivity index is 0. The molecule has 0 aromatic carbocycles. The molecule has 0 aliphatic heterocycles. The van der Waals surface area contributed by atoms with Gasteiger partial charge in [0.05, 0.1) is 21.1 Å². The number of likely N-dealkylation sites (N-methyl/N-ethyl adjacent to an activating group) is 1. The van der Waals surface area contributed by atoms with Crippen LogP contribution in [0, 0.1) is 0 Å². The largest absolute Gasteiger partial charge is 0.460 e. The second-order valence-corrected chi connectivity index (χ2v) is 3.35. The van der Waals surface area contributed by atoms with Crippen LogP contribution in [0.25, 0.3) is 0 Å². The Hall–Kier alpha value is -0.610. The van der Waals surface area contributed by atoms with E-state index in [4.69, 9.17) is 4.74 Å². The highest BCUT2D eigenvalue weighted by Crippen LogP contribution is 1.88. The third kappa shape index (κ3) is 12.6. The molecule has 0 radical (unpaired) electrons. The third-order valence-corrected chi connectivity index (χ3v) is 1.07. The van der Waals surface area contributed by atoms with E-state index in [-0.39, 0.29) is 11.4 Å². The summed E-state index contributed by atoms with van der Waals surface area (Å²) in [5, 5.41) is 0. The molecule has 0 aromatic heterocycles. The van der Waals surface area contributed by atoms with Gasteiger partial charge in [0, 0.05) is 6.92 Å². The molecule has 2 N–H and O–H groups in total. The molecule has 0 heterocycles. The van der Waals surface area contributed by atoms with Crippen LogP contribution in [0.4, 0.5) is 0 Å². The highest BCUT2D eigenvalue weighted by Gasteiger charge is 2.06. The van der Waals surface area contributed by atoms with Gasteiger partial charge in [-0.2, -0.15) is 0 Å². The second kappa shape index (κ2) is 5.09. The molecule has 0 fully saturated rings. The first-order chi connectivity index (χ1) is 4.42. The minimum Gasteiger partial charge on any atom is -0.460 e. The van der Waals surface area contributed by atoms with Crippen molar-refractivity contribution < 1.29 is 19.5 Å². The molecule has 0 rings (SSSR count). The van der Waals surface area contributed by atoms with Gasteiger partial charge >= 0.3 is 5.97 Å². The van der Waals surface area contributed by atoms with Gasteiger partial charge in [0.1, 0.15) is 13.2 Å². The van der Waals surface area contributed by atoms with E-state index in [9.17, 15) is 4.79 Å².